The van der Waals surface area contributed by atoms with Crippen LogP contribution >= 0.6 is 0 Å². The number of nitrogens with one attached hydrogen (secondary N) is 1. The highest BCUT2D eigenvalue weighted by atomic mass is 15.3. The molecule has 0 radical (unpaired) electrons. The number of anilines is 1. The van der Waals surface area contributed by atoms with Gasteiger partial charge in [0.1, 0.15) is 0 Å². The number of hydrogen-bond donors (Lipinski definition) is 1. The van der Waals surface area contributed by atoms with Crippen LogP contribution < -0.4 is 5.32 Å². The smallest absolute Gasteiger partial charge is 0.243 e. The van der Waals surface area contributed by atoms with Gasteiger partial charge in [-0.25, -0.2) is 4.52 Å². The van der Waals surface area contributed by atoms with Gasteiger partial charge < -0.3 is 10.2 Å². The molecule has 2 aromatic heterocycles. The van der Waals surface area contributed by atoms with Crippen molar-refractivity contribution in [1.29, 1.82) is 0 Å². The summed E-state index contributed by atoms with van der Waals surface area (Å²) in [4.78, 5) is 7.04. The van der Waals surface area contributed by atoms with Crippen LogP contribution in [0.2, 0.25) is 0 Å². The molecule has 5 nitrogen and oxygen atoms in total. The van der Waals surface area contributed by atoms with Crippen molar-refractivity contribution in [2.75, 3.05) is 31.5 Å². The van der Waals surface area contributed by atoms with Crippen LogP contribution in [0.25, 0.3) is 5.65 Å². The van der Waals surface area contributed by atoms with E-state index in [1.54, 1.807) is 0 Å². The standard InChI is InChI=1S/C15H23N5/c1-3-19-7-5-13(6-8-19)11-16-15-17-14-10-12(2)4-9-20(14)18-15/h4,9-10,13H,3,5-8,11H2,1-2H3,(H,16,18). The molecule has 0 spiro atoms. The summed E-state index contributed by atoms with van der Waals surface area (Å²) in [6, 6.07) is 4.10. The number of piperidine rings is 1. The van der Waals surface area contributed by atoms with Crippen LogP contribution in [-0.4, -0.2) is 45.7 Å². The quantitative estimate of drug-likeness (QED) is 0.927. The molecule has 3 heterocycles. The van der Waals surface area contributed by atoms with Crippen molar-refractivity contribution in [2.45, 2.75) is 26.7 Å². The molecule has 5 heteroatoms. The number of rotatable bonds is 4. The van der Waals surface area contributed by atoms with Gasteiger partial charge in [0.25, 0.3) is 0 Å². The third-order valence-electron chi connectivity index (χ3n) is 4.20. The van der Waals surface area contributed by atoms with E-state index in [9.17, 15) is 0 Å². The SMILES string of the molecule is CCN1CCC(CNc2nc3cc(C)ccn3n2)CC1. The largest absolute Gasteiger partial charge is 0.353 e. The van der Waals surface area contributed by atoms with Crippen molar-refractivity contribution in [2.24, 2.45) is 5.92 Å². The second-order valence-corrected chi connectivity index (χ2v) is 5.70. The van der Waals surface area contributed by atoms with Crippen LogP contribution in [0, 0.1) is 12.8 Å². The zero-order valence-corrected chi connectivity index (χ0v) is 12.3. The van der Waals surface area contributed by atoms with E-state index in [0.29, 0.717) is 0 Å². The molecule has 1 saturated heterocycles. The van der Waals surface area contributed by atoms with Crippen molar-refractivity contribution in [3.05, 3.63) is 23.9 Å². The zero-order chi connectivity index (χ0) is 13.9. The van der Waals surface area contributed by atoms with Gasteiger partial charge in [-0.1, -0.05) is 6.92 Å². The van der Waals surface area contributed by atoms with Crippen molar-refractivity contribution in [3.63, 3.8) is 0 Å². The molecule has 0 saturated carbocycles. The first-order chi connectivity index (χ1) is 9.74. The van der Waals surface area contributed by atoms with Crippen molar-refractivity contribution in [3.8, 4) is 0 Å². The van der Waals surface area contributed by atoms with Crippen LogP contribution in [0.1, 0.15) is 25.3 Å². The third-order valence-corrected chi connectivity index (χ3v) is 4.20. The molecule has 0 aromatic carbocycles. The van der Waals surface area contributed by atoms with Crippen molar-refractivity contribution < 1.29 is 0 Å². The number of likely N-dealkylation sites (tertiary alicyclic amines) is 1. The Kier molecular flexibility index (Phi) is 3.87. The van der Waals surface area contributed by atoms with E-state index in [1.165, 1.54) is 38.0 Å². The first kappa shape index (κ1) is 13.4. The number of aryl methyl sites for hydroxylation is 1. The van der Waals surface area contributed by atoms with Crippen molar-refractivity contribution in [1.82, 2.24) is 19.5 Å². The lowest BCUT2D eigenvalue weighted by molar-refractivity contribution is 0.198. The number of fused-ring (bicyclic) bond motifs is 1. The van der Waals surface area contributed by atoms with Crippen molar-refractivity contribution >= 4 is 11.6 Å². The highest BCUT2D eigenvalue weighted by molar-refractivity contribution is 5.45. The second-order valence-electron chi connectivity index (χ2n) is 5.70. The topological polar surface area (TPSA) is 45.5 Å². The molecule has 1 aliphatic heterocycles. The molecule has 0 unspecified atom stereocenters. The van der Waals surface area contributed by atoms with E-state index >= 15 is 0 Å². The van der Waals surface area contributed by atoms with Gasteiger partial charge in [-0.2, -0.15) is 4.98 Å². The molecule has 1 aliphatic rings. The van der Waals surface area contributed by atoms with E-state index in [2.05, 4.69) is 40.2 Å². The summed E-state index contributed by atoms with van der Waals surface area (Å²) in [5.74, 6) is 1.49. The van der Waals surface area contributed by atoms with E-state index in [1.807, 2.05) is 16.8 Å². The van der Waals surface area contributed by atoms with Crippen LogP contribution in [0.3, 0.4) is 0 Å². The molecule has 0 atom stereocenters. The van der Waals surface area contributed by atoms with E-state index < -0.39 is 0 Å². The summed E-state index contributed by atoms with van der Waals surface area (Å²) >= 11 is 0. The van der Waals surface area contributed by atoms with E-state index in [-0.39, 0.29) is 0 Å². The lowest BCUT2D eigenvalue weighted by Crippen LogP contribution is -2.35. The minimum Gasteiger partial charge on any atom is -0.353 e. The molecule has 20 heavy (non-hydrogen) atoms. The molecule has 2 aromatic rings. The van der Waals surface area contributed by atoms with Gasteiger partial charge in [-0.3, -0.25) is 0 Å². The maximum absolute atomic E-state index is 4.52. The number of nitrogens with zero attached hydrogens (tertiary/aromatic N) is 4. The first-order valence-electron chi connectivity index (χ1n) is 7.54. The summed E-state index contributed by atoms with van der Waals surface area (Å²) in [6.07, 6.45) is 4.50. The van der Waals surface area contributed by atoms with Crippen LogP contribution in [0.5, 0.6) is 0 Å². The Morgan fingerprint density at radius 2 is 2.15 bits per heavy atom. The van der Waals surface area contributed by atoms with E-state index in [0.717, 1.165) is 24.1 Å². The molecule has 0 bridgehead atoms. The monoisotopic (exact) mass is 273 g/mol. The highest BCUT2D eigenvalue weighted by Gasteiger charge is 2.18. The Balaban J connectivity index is 1.57. The van der Waals surface area contributed by atoms with Gasteiger partial charge in [-0.15, -0.1) is 5.10 Å². The fourth-order valence-corrected chi connectivity index (χ4v) is 2.80. The number of aromatic nitrogens is 3. The lowest BCUT2D eigenvalue weighted by Gasteiger charge is -2.30. The Morgan fingerprint density at radius 1 is 1.35 bits per heavy atom. The predicted octanol–water partition coefficient (Wildman–Crippen LogP) is 2.18. The molecule has 3 rings (SSSR count). The van der Waals surface area contributed by atoms with Gasteiger partial charge in [0, 0.05) is 12.7 Å². The van der Waals surface area contributed by atoms with Crippen LogP contribution in [0.4, 0.5) is 5.95 Å². The van der Waals surface area contributed by atoms with Gasteiger partial charge in [0.2, 0.25) is 5.95 Å². The Hall–Kier alpha value is -1.62. The molecular formula is C15H23N5. The first-order valence-corrected chi connectivity index (χ1v) is 7.54. The Bertz CT molecular complexity index is 569. The fourth-order valence-electron chi connectivity index (χ4n) is 2.80. The maximum Gasteiger partial charge on any atom is 0.243 e. The molecule has 1 fully saturated rings. The van der Waals surface area contributed by atoms with Crippen LogP contribution in [-0.2, 0) is 0 Å². The second kappa shape index (κ2) is 5.79. The average molecular weight is 273 g/mol. The van der Waals surface area contributed by atoms with Gasteiger partial charge in [0.15, 0.2) is 5.65 Å². The summed E-state index contributed by atoms with van der Waals surface area (Å²) in [5.41, 5.74) is 2.12. The minimum atomic E-state index is 0.742. The molecule has 0 amide bonds. The normalized spacial score (nSPS) is 17.7. The van der Waals surface area contributed by atoms with Gasteiger partial charge >= 0.3 is 0 Å². The van der Waals surface area contributed by atoms with Gasteiger partial charge in [0.05, 0.1) is 0 Å². The molecule has 0 aliphatic carbocycles. The number of pyridine rings is 1. The maximum atomic E-state index is 4.52. The number of hydrogen-bond acceptors (Lipinski definition) is 4. The summed E-state index contributed by atoms with van der Waals surface area (Å²) < 4.78 is 1.83. The highest BCUT2D eigenvalue weighted by Crippen LogP contribution is 2.17. The van der Waals surface area contributed by atoms with E-state index in [4.69, 9.17) is 0 Å². The summed E-state index contributed by atoms with van der Waals surface area (Å²) in [6.45, 7) is 8.91. The van der Waals surface area contributed by atoms with Crippen LogP contribution in [0.15, 0.2) is 18.3 Å². The summed E-state index contributed by atoms with van der Waals surface area (Å²) in [7, 11) is 0. The molecule has 108 valence electrons. The molecular weight excluding hydrogens is 250 g/mol. The Morgan fingerprint density at radius 3 is 2.90 bits per heavy atom. The average Bonchev–Trinajstić information content (AvgIpc) is 2.87. The molecule has 1 N–H and O–H groups in total. The van der Waals surface area contributed by atoms with Gasteiger partial charge in [-0.05, 0) is 63.0 Å². The predicted molar refractivity (Wildman–Crippen MR) is 81.1 cm³/mol. The minimum absolute atomic E-state index is 0.742. The fraction of sp³-hybridized carbons (Fsp3) is 0.600. The Labute approximate surface area is 120 Å². The third kappa shape index (κ3) is 2.93. The zero-order valence-electron chi connectivity index (χ0n) is 12.3. The summed E-state index contributed by atoms with van der Waals surface area (Å²) in [5, 5.41) is 7.85. The lowest BCUT2D eigenvalue weighted by atomic mass is 9.97.